The van der Waals surface area contributed by atoms with Crippen LogP contribution in [0, 0.1) is 15.5 Å². The second-order valence-corrected chi connectivity index (χ2v) is 5.55. The SMILES string of the molecule is CCCN(CC(C)(C)CN)c1c([N+](=O)[O-])ncn1C. The van der Waals surface area contributed by atoms with Gasteiger partial charge in [0.25, 0.3) is 0 Å². The number of aromatic nitrogens is 2. The number of nitrogens with two attached hydrogens (primary N) is 1. The van der Waals surface area contributed by atoms with E-state index in [2.05, 4.69) is 18.8 Å². The number of nitrogens with zero attached hydrogens (tertiary/aromatic N) is 4. The van der Waals surface area contributed by atoms with Gasteiger partial charge in [0.1, 0.15) is 0 Å². The van der Waals surface area contributed by atoms with Crippen LogP contribution in [0.25, 0.3) is 0 Å². The largest absolute Gasteiger partial charge is 0.406 e. The maximum absolute atomic E-state index is 11.1. The summed E-state index contributed by atoms with van der Waals surface area (Å²) in [5, 5.41) is 11.1. The van der Waals surface area contributed by atoms with E-state index in [0.717, 1.165) is 13.0 Å². The van der Waals surface area contributed by atoms with Crippen LogP contribution < -0.4 is 10.6 Å². The first-order chi connectivity index (χ1) is 8.82. The first-order valence-corrected chi connectivity index (χ1v) is 6.43. The zero-order valence-electron chi connectivity index (χ0n) is 12.1. The van der Waals surface area contributed by atoms with Gasteiger partial charge in [-0.2, -0.15) is 0 Å². The van der Waals surface area contributed by atoms with Crippen LogP contribution in [0.1, 0.15) is 27.2 Å². The lowest BCUT2D eigenvalue weighted by Crippen LogP contribution is -2.40. The molecule has 0 amide bonds. The van der Waals surface area contributed by atoms with Gasteiger partial charge in [-0.05, 0) is 28.3 Å². The third-order valence-corrected chi connectivity index (χ3v) is 3.02. The number of imidazole rings is 1. The Balaban J connectivity index is 3.12. The maximum Gasteiger partial charge on any atom is 0.406 e. The molecule has 0 saturated heterocycles. The number of aryl methyl sites for hydroxylation is 1. The Morgan fingerprint density at radius 1 is 1.58 bits per heavy atom. The van der Waals surface area contributed by atoms with Crippen molar-refractivity contribution in [1.29, 1.82) is 0 Å². The van der Waals surface area contributed by atoms with Gasteiger partial charge in [0.2, 0.25) is 12.1 Å². The lowest BCUT2D eigenvalue weighted by molar-refractivity contribution is -0.388. The highest BCUT2D eigenvalue weighted by Crippen LogP contribution is 2.28. The van der Waals surface area contributed by atoms with E-state index in [1.165, 1.54) is 6.33 Å². The fraction of sp³-hybridized carbons (Fsp3) is 0.750. The van der Waals surface area contributed by atoms with Gasteiger partial charge in [0.05, 0.1) is 0 Å². The van der Waals surface area contributed by atoms with Gasteiger partial charge in [-0.15, -0.1) is 0 Å². The summed E-state index contributed by atoms with van der Waals surface area (Å²) in [6.07, 6.45) is 2.38. The number of hydrogen-bond acceptors (Lipinski definition) is 5. The molecule has 0 aliphatic heterocycles. The Morgan fingerprint density at radius 2 is 2.21 bits per heavy atom. The topological polar surface area (TPSA) is 90.2 Å². The molecule has 1 aromatic rings. The van der Waals surface area contributed by atoms with Gasteiger partial charge >= 0.3 is 5.82 Å². The molecule has 0 saturated carbocycles. The number of nitro groups is 1. The molecule has 0 radical (unpaired) electrons. The van der Waals surface area contributed by atoms with Gasteiger partial charge in [-0.3, -0.25) is 4.57 Å². The molecule has 0 aliphatic rings. The van der Waals surface area contributed by atoms with Crippen molar-refractivity contribution in [2.75, 3.05) is 24.5 Å². The van der Waals surface area contributed by atoms with E-state index in [-0.39, 0.29) is 11.2 Å². The van der Waals surface area contributed by atoms with Gasteiger partial charge < -0.3 is 20.7 Å². The Kier molecular flexibility index (Phi) is 4.88. The van der Waals surface area contributed by atoms with Crippen LogP contribution >= 0.6 is 0 Å². The molecule has 2 N–H and O–H groups in total. The molecule has 0 bridgehead atoms. The lowest BCUT2D eigenvalue weighted by Gasteiger charge is -2.32. The summed E-state index contributed by atoms with van der Waals surface area (Å²) in [6.45, 7) is 8.08. The van der Waals surface area contributed by atoms with Crippen LogP contribution in [-0.2, 0) is 7.05 Å². The van der Waals surface area contributed by atoms with Gasteiger partial charge in [-0.1, -0.05) is 20.8 Å². The Labute approximate surface area is 113 Å². The summed E-state index contributed by atoms with van der Waals surface area (Å²) >= 11 is 0. The smallest absolute Gasteiger partial charge is 0.358 e. The van der Waals surface area contributed by atoms with Crippen LogP contribution in [0.15, 0.2) is 6.33 Å². The molecule has 7 nitrogen and oxygen atoms in total. The van der Waals surface area contributed by atoms with Gasteiger partial charge in [0.15, 0.2) is 0 Å². The second kappa shape index (κ2) is 6.01. The van der Waals surface area contributed by atoms with Crippen molar-refractivity contribution in [3.05, 3.63) is 16.4 Å². The Bertz CT molecular complexity index is 441. The predicted molar refractivity (Wildman–Crippen MR) is 75.2 cm³/mol. The average molecular weight is 269 g/mol. The Hall–Kier alpha value is -1.63. The normalized spacial score (nSPS) is 11.6. The van der Waals surface area contributed by atoms with E-state index < -0.39 is 4.92 Å². The van der Waals surface area contributed by atoms with E-state index in [9.17, 15) is 10.1 Å². The molecule has 19 heavy (non-hydrogen) atoms. The minimum absolute atomic E-state index is 0.0937. The van der Waals surface area contributed by atoms with Crippen molar-refractivity contribution in [3.63, 3.8) is 0 Å². The molecule has 108 valence electrons. The van der Waals surface area contributed by atoms with Crippen molar-refractivity contribution >= 4 is 11.6 Å². The lowest BCUT2D eigenvalue weighted by atomic mass is 9.93. The molecule has 1 aromatic heterocycles. The fourth-order valence-electron chi connectivity index (χ4n) is 2.02. The molecule has 0 fully saturated rings. The number of anilines is 1. The first-order valence-electron chi connectivity index (χ1n) is 6.43. The molecule has 0 spiro atoms. The van der Waals surface area contributed by atoms with Gasteiger partial charge in [-0.25, -0.2) is 0 Å². The second-order valence-electron chi connectivity index (χ2n) is 5.55. The molecule has 0 atom stereocenters. The van der Waals surface area contributed by atoms with Crippen LogP contribution in [0.5, 0.6) is 0 Å². The first kappa shape index (κ1) is 15.4. The van der Waals surface area contributed by atoms with Crippen molar-refractivity contribution < 1.29 is 4.92 Å². The third-order valence-electron chi connectivity index (χ3n) is 3.02. The third kappa shape index (κ3) is 3.66. The maximum atomic E-state index is 11.1. The predicted octanol–water partition coefficient (Wildman–Crippen LogP) is 1.53. The summed E-state index contributed by atoms with van der Waals surface area (Å²) in [5.41, 5.74) is 5.65. The van der Waals surface area contributed by atoms with Crippen molar-refractivity contribution in [2.24, 2.45) is 18.2 Å². The summed E-state index contributed by atoms with van der Waals surface area (Å²) in [7, 11) is 1.77. The van der Waals surface area contributed by atoms with Crippen LogP contribution in [-0.4, -0.2) is 34.1 Å². The molecule has 0 unspecified atom stereocenters. The monoisotopic (exact) mass is 269 g/mol. The van der Waals surface area contributed by atoms with E-state index in [1.807, 2.05) is 11.8 Å². The highest BCUT2D eigenvalue weighted by Gasteiger charge is 2.29. The number of hydrogen-bond donors (Lipinski definition) is 1. The van der Waals surface area contributed by atoms with E-state index in [0.29, 0.717) is 18.9 Å². The van der Waals surface area contributed by atoms with Crippen molar-refractivity contribution in [3.8, 4) is 0 Å². The number of rotatable bonds is 7. The summed E-state index contributed by atoms with van der Waals surface area (Å²) in [6, 6.07) is 0. The quantitative estimate of drug-likeness (QED) is 0.599. The summed E-state index contributed by atoms with van der Waals surface area (Å²) in [4.78, 5) is 16.5. The Morgan fingerprint density at radius 3 is 2.68 bits per heavy atom. The zero-order valence-corrected chi connectivity index (χ0v) is 12.1. The summed E-state index contributed by atoms with van der Waals surface area (Å²) in [5.74, 6) is 0.456. The van der Waals surface area contributed by atoms with E-state index in [1.54, 1.807) is 11.6 Å². The minimum atomic E-state index is -0.437. The van der Waals surface area contributed by atoms with E-state index in [4.69, 9.17) is 5.73 Å². The highest BCUT2D eigenvalue weighted by atomic mass is 16.6. The van der Waals surface area contributed by atoms with Crippen molar-refractivity contribution in [2.45, 2.75) is 27.2 Å². The summed E-state index contributed by atoms with van der Waals surface area (Å²) < 4.78 is 1.69. The molecular weight excluding hydrogens is 246 g/mol. The zero-order chi connectivity index (χ0) is 14.6. The van der Waals surface area contributed by atoms with Crippen molar-refractivity contribution in [1.82, 2.24) is 9.55 Å². The van der Waals surface area contributed by atoms with Crippen LogP contribution in [0.4, 0.5) is 11.6 Å². The molecule has 7 heteroatoms. The fourth-order valence-corrected chi connectivity index (χ4v) is 2.02. The van der Waals surface area contributed by atoms with Gasteiger partial charge in [0, 0.05) is 20.1 Å². The minimum Gasteiger partial charge on any atom is -0.358 e. The molecular formula is C12H23N5O2. The molecule has 0 aromatic carbocycles. The standard InChI is InChI=1S/C12H23N5O2/c1-5-6-16(8-12(2,3)7-13)11-10(17(18)19)14-9-15(11)4/h9H,5-8,13H2,1-4H3. The van der Waals surface area contributed by atoms with E-state index >= 15 is 0 Å². The molecule has 1 rings (SSSR count). The average Bonchev–Trinajstić information content (AvgIpc) is 2.70. The highest BCUT2D eigenvalue weighted by molar-refractivity contribution is 5.54. The molecule has 1 heterocycles. The molecule has 0 aliphatic carbocycles. The van der Waals surface area contributed by atoms with Crippen LogP contribution in [0.2, 0.25) is 0 Å². The van der Waals surface area contributed by atoms with Crippen LogP contribution in [0.3, 0.4) is 0 Å².